The maximum Gasteiger partial charge on any atom is 0.257 e. The summed E-state index contributed by atoms with van der Waals surface area (Å²) in [5.41, 5.74) is 3.49. The number of nitrogens with zero attached hydrogens (tertiary/aromatic N) is 5. The lowest BCUT2D eigenvalue weighted by atomic mass is 10.1. The Kier molecular flexibility index (Phi) is 4.53. The summed E-state index contributed by atoms with van der Waals surface area (Å²) in [4.78, 5) is 21.1. The van der Waals surface area contributed by atoms with E-state index in [9.17, 15) is 4.79 Å². The van der Waals surface area contributed by atoms with Crippen LogP contribution in [0.4, 0.5) is 5.69 Å². The molecule has 0 bridgehead atoms. The molecule has 1 unspecified atom stereocenters. The Hall–Kier alpha value is -2.41. The van der Waals surface area contributed by atoms with Crippen LogP contribution in [0.5, 0.6) is 0 Å². The Balaban J connectivity index is 1.79. The van der Waals surface area contributed by atoms with E-state index in [0.717, 1.165) is 17.1 Å². The van der Waals surface area contributed by atoms with Crippen molar-refractivity contribution in [2.24, 2.45) is 7.05 Å². The highest BCUT2D eigenvalue weighted by molar-refractivity contribution is 5.93. The Bertz CT molecular complexity index is 740. The summed E-state index contributed by atoms with van der Waals surface area (Å²) in [6, 6.07) is 4.06. The molecule has 128 valence electrons. The van der Waals surface area contributed by atoms with Crippen LogP contribution in [0.15, 0.2) is 24.5 Å². The van der Waals surface area contributed by atoms with Crippen LogP contribution in [0, 0.1) is 6.92 Å². The first kappa shape index (κ1) is 16.4. The molecule has 3 rings (SSSR count). The molecule has 2 aromatic heterocycles. The van der Waals surface area contributed by atoms with Crippen LogP contribution in [0.1, 0.15) is 27.8 Å². The summed E-state index contributed by atoms with van der Waals surface area (Å²) in [5, 5.41) is 4.07. The summed E-state index contributed by atoms with van der Waals surface area (Å²) in [7, 11) is 5.80. The van der Waals surface area contributed by atoms with E-state index in [1.54, 1.807) is 24.1 Å². The minimum absolute atomic E-state index is 0.0168. The number of carbonyl (C=O) groups is 1. The minimum Gasteiger partial charge on any atom is -0.378 e. The number of pyridine rings is 1. The molecule has 1 saturated heterocycles. The maximum absolute atomic E-state index is 12.6. The van der Waals surface area contributed by atoms with Crippen molar-refractivity contribution >= 4 is 11.6 Å². The van der Waals surface area contributed by atoms with E-state index in [2.05, 4.69) is 10.1 Å². The number of anilines is 1. The van der Waals surface area contributed by atoms with E-state index in [1.165, 1.54) is 0 Å². The minimum atomic E-state index is -0.210. The largest absolute Gasteiger partial charge is 0.378 e. The highest BCUT2D eigenvalue weighted by Crippen LogP contribution is 2.25. The van der Waals surface area contributed by atoms with Crippen LogP contribution in [0.2, 0.25) is 0 Å². The van der Waals surface area contributed by atoms with E-state index in [1.807, 2.05) is 43.0 Å². The van der Waals surface area contributed by atoms with Crippen LogP contribution in [0.3, 0.4) is 0 Å². The molecule has 0 N–H and O–H groups in total. The number of amides is 1. The molecule has 1 atom stereocenters. The van der Waals surface area contributed by atoms with Gasteiger partial charge in [-0.3, -0.25) is 14.5 Å². The van der Waals surface area contributed by atoms with Crippen LogP contribution in [0.25, 0.3) is 0 Å². The van der Waals surface area contributed by atoms with Gasteiger partial charge < -0.3 is 14.5 Å². The third kappa shape index (κ3) is 3.41. The maximum atomic E-state index is 12.6. The summed E-state index contributed by atoms with van der Waals surface area (Å²) < 4.78 is 7.52. The average Bonchev–Trinajstić information content (AvgIpc) is 3.00. The monoisotopic (exact) mass is 329 g/mol. The highest BCUT2D eigenvalue weighted by Gasteiger charge is 2.28. The van der Waals surface area contributed by atoms with E-state index in [0.29, 0.717) is 25.3 Å². The van der Waals surface area contributed by atoms with Gasteiger partial charge in [-0.2, -0.15) is 5.10 Å². The Morgan fingerprint density at radius 2 is 2.17 bits per heavy atom. The molecule has 24 heavy (non-hydrogen) atoms. The summed E-state index contributed by atoms with van der Waals surface area (Å²) in [6.07, 6.45) is 3.13. The second-order valence-electron chi connectivity index (χ2n) is 6.30. The standard InChI is InChI=1S/C17H23N5O2/c1-12-7-14(20(2)3)8-15(19-12)16-11-22(5-6-24-16)17(23)13-9-18-21(4)10-13/h7-10,16H,5-6,11H2,1-4H3. The summed E-state index contributed by atoms with van der Waals surface area (Å²) >= 11 is 0. The first-order chi connectivity index (χ1) is 11.4. The van der Waals surface area contributed by atoms with Crippen molar-refractivity contribution in [3.8, 4) is 0 Å². The molecule has 1 fully saturated rings. The molecule has 0 spiro atoms. The Morgan fingerprint density at radius 3 is 2.83 bits per heavy atom. The van der Waals surface area contributed by atoms with Gasteiger partial charge in [0.25, 0.3) is 5.91 Å². The normalized spacial score (nSPS) is 17.8. The van der Waals surface area contributed by atoms with Gasteiger partial charge in [-0.15, -0.1) is 0 Å². The molecule has 0 aliphatic carbocycles. The highest BCUT2D eigenvalue weighted by atomic mass is 16.5. The van der Waals surface area contributed by atoms with Crippen molar-refractivity contribution in [1.82, 2.24) is 19.7 Å². The van der Waals surface area contributed by atoms with E-state index < -0.39 is 0 Å². The molecule has 7 nitrogen and oxygen atoms in total. The van der Waals surface area contributed by atoms with Crippen molar-refractivity contribution in [3.05, 3.63) is 41.5 Å². The Morgan fingerprint density at radius 1 is 1.38 bits per heavy atom. The number of hydrogen-bond donors (Lipinski definition) is 0. The number of carbonyl (C=O) groups excluding carboxylic acids is 1. The molecular formula is C17H23N5O2. The predicted molar refractivity (Wildman–Crippen MR) is 91.1 cm³/mol. The second kappa shape index (κ2) is 6.60. The molecule has 1 aliphatic heterocycles. The summed E-state index contributed by atoms with van der Waals surface area (Å²) in [5.74, 6) is -0.0168. The first-order valence-electron chi connectivity index (χ1n) is 7.99. The molecular weight excluding hydrogens is 306 g/mol. The fraction of sp³-hybridized carbons (Fsp3) is 0.471. The number of morpholine rings is 1. The molecule has 2 aromatic rings. The zero-order valence-corrected chi connectivity index (χ0v) is 14.6. The first-order valence-corrected chi connectivity index (χ1v) is 7.99. The molecule has 1 aliphatic rings. The number of ether oxygens (including phenoxy) is 1. The third-order valence-electron chi connectivity index (χ3n) is 4.11. The van der Waals surface area contributed by atoms with E-state index in [4.69, 9.17) is 4.74 Å². The zero-order valence-electron chi connectivity index (χ0n) is 14.6. The van der Waals surface area contributed by atoms with Crippen molar-refractivity contribution in [3.63, 3.8) is 0 Å². The van der Waals surface area contributed by atoms with Gasteiger partial charge >= 0.3 is 0 Å². The Labute approximate surface area is 141 Å². The third-order valence-corrected chi connectivity index (χ3v) is 4.11. The number of aromatic nitrogens is 3. The molecule has 7 heteroatoms. The van der Waals surface area contributed by atoms with Crippen molar-refractivity contribution in [2.75, 3.05) is 38.7 Å². The lowest BCUT2D eigenvalue weighted by Crippen LogP contribution is -2.42. The van der Waals surface area contributed by atoms with Gasteiger partial charge in [0.1, 0.15) is 6.10 Å². The molecule has 0 aromatic carbocycles. The molecule has 0 saturated carbocycles. The molecule has 3 heterocycles. The topological polar surface area (TPSA) is 63.5 Å². The lowest BCUT2D eigenvalue weighted by molar-refractivity contribution is -0.0247. The van der Waals surface area contributed by atoms with Gasteiger partial charge in [-0.1, -0.05) is 0 Å². The van der Waals surface area contributed by atoms with Crippen LogP contribution < -0.4 is 4.90 Å². The van der Waals surface area contributed by atoms with Gasteiger partial charge in [-0.25, -0.2) is 0 Å². The number of rotatable bonds is 3. The fourth-order valence-electron chi connectivity index (χ4n) is 2.83. The van der Waals surface area contributed by atoms with Gasteiger partial charge in [0.2, 0.25) is 0 Å². The van der Waals surface area contributed by atoms with Gasteiger partial charge in [0.05, 0.1) is 30.6 Å². The van der Waals surface area contributed by atoms with Gasteiger partial charge in [-0.05, 0) is 19.1 Å². The molecule has 0 radical (unpaired) electrons. The van der Waals surface area contributed by atoms with Crippen molar-refractivity contribution in [1.29, 1.82) is 0 Å². The van der Waals surface area contributed by atoms with Gasteiger partial charge in [0.15, 0.2) is 0 Å². The van der Waals surface area contributed by atoms with Gasteiger partial charge in [0, 0.05) is 45.3 Å². The van der Waals surface area contributed by atoms with Crippen molar-refractivity contribution < 1.29 is 9.53 Å². The van der Waals surface area contributed by atoms with E-state index >= 15 is 0 Å². The predicted octanol–water partition coefficient (Wildman–Crippen LogP) is 1.40. The lowest BCUT2D eigenvalue weighted by Gasteiger charge is -2.33. The quantitative estimate of drug-likeness (QED) is 0.852. The fourth-order valence-corrected chi connectivity index (χ4v) is 2.83. The second-order valence-corrected chi connectivity index (χ2v) is 6.30. The van der Waals surface area contributed by atoms with Crippen LogP contribution in [-0.4, -0.2) is 59.4 Å². The molecule has 1 amide bonds. The summed E-state index contributed by atoms with van der Waals surface area (Å²) in [6.45, 7) is 3.55. The SMILES string of the molecule is Cc1cc(N(C)C)cc(C2CN(C(=O)c3cnn(C)c3)CCO2)n1. The number of aryl methyl sites for hydroxylation is 2. The van der Waals surface area contributed by atoms with E-state index in [-0.39, 0.29) is 12.0 Å². The van der Waals surface area contributed by atoms with Crippen LogP contribution in [-0.2, 0) is 11.8 Å². The average molecular weight is 329 g/mol. The zero-order chi connectivity index (χ0) is 17.3. The number of hydrogen-bond acceptors (Lipinski definition) is 5. The van der Waals surface area contributed by atoms with Crippen molar-refractivity contribution in [2.45, 2.75) is 13.0 Å². The van der Waals surface area contributed by atoms with Crippen LogP contribution >= 0.6 is 0 Å². The smallest absolute Gasteiger partial charge is 0.257 e.